The fourth-order valence-corrected chi connectivity index (χ4v) is 4.27. The monoisotopic (exact) mass is 377 g/mol. The van der Waals surface area contributed by atoms with Crippen LogP contribution in [0.5, 0.6) is 0 Å². The smallest absolute Gasteiger partial charge is 0.282 e. The van der Waals surface area contributed by atoms with Gasteiger partial charge in [-0.1, -0.05) is 29.8 Å². The van der Waals surface area contributed by atoms with Gasteiger partial charge in [0.25, 0.3) is 10.2 Å². The zero-order chi connectivity index (χ0) is 18.7. The quantitative estimate of drug-likeness (QED) is 0.868. The maximum atomic E-state index is 12.9. The molecule has 0 unspecified atom stereocenters. The van der Waals surface area contributed by atoms with Crippen LogP contribution in [0.4, 0.5) is 10.1 Å². The molecule has 0 saturated carbocycles. The van der Waals surface area contributed by atoms with Crippen LogP contribution in [0.3, 0.4) is 0 Å². The number of amides is 1. The van der Waals surface area contributed by atoms with Crippen LogP contribution >= 0.6 is 0 Å². The molecule has 0 radical (unpaired) electrons. The summed E-state index contributed by atoms with van der Waals surface area (Å²) >= 11 is 0. The summed E-state index contributed by atoms with van der Waals surface area (Å²) in [5.41, 5.74) is 2.43. The summed E-state index contributed by atoms with van der Waals surface area (Å²) in [6.07, 6.45) is 0. The highest BCUT2D eigenvalue weighted by Crippen LogP contribution is 2.20. The highest BCUT2D eigenvalue weighted by molar-refractivity contribution is 7.87. The van der Waals surface area contributed by atoms with Crippen molar-refractivity contribution in [2.45, 2.75) is 13.5 Å². The third kappa shape index (κ3) is 4.27. The second-order valence-electron chi connectivity index (χ2n) is 6.22. The van der Waals surface area contributed by atoms with Gasteiger partial charge in [0.1, 0.15) is 5.82 Å². The number of hydrogen-bond acceptors (Lipinski definition) is 3. The Balaban J connectivity index is 1.61. The van der Waals surface area contributed by atoms with Gasteiger partial charge in [0.05, 0.1) is 6.54 Å². The van der Waals surface area contributed by atoms with E-state index in [4.69, 9.17) is 0 Å². The Bertz CT molecular complexity index is 883. The van der Waals surface area contributed by atoms with Gasteiger partial charge in [-0.2, -0.15) is 17.0 Å². The van der Waals surface area contributed by atoms with Crippen LogP contribution in [-0.2, 0) is 21.5 Å². The van der Waals surface area contributed by atoms with E-state index >= 15 is 0 Å². The topological polar surface area (TPSA) is 69.7 Å². The number of benzene rings is 2. The Morgan fingerprint density at radius 3 is 2.31 bits per heavy atom. The highest BCUT2D eigenvalue weighted by atomic mass is 32.2. The first-order chi connectivity index (χ1) is 12.3. The Hall–Kier alpha value is -2.29. The molecular formula is C18H20FN3O3S. The lowest BCUT2D eigenvalue weighted by Gasteiger charge is -2.18. The Kier molecular flexibility index (Phi) is 5.36. The number of aryl methyl sites for hydroxylation is 1. The first kappa shape index (κ1) is 18.5. The van der Waals surface area contributed by atoms with Crippen molar-refractivity contribution in [2.24, 2.45) is 0 Å². The largest absolute Gasteiger partial charge is 0.325 e. The molecule has 8 heteroatoms. The van der Waals surface area contributed by atoms with Crippen LogP contribution in [0.1, 0.15) is 11.1 Å². The van der Waals surface area contributed by atoms with Gasteiger partial charge in [-0.25, -0.2) is 4.39 Å². The van der Waals surface area contributed by atoms with E-state index < -0.39 is 21.9 Å². The van der Waals surface area contributed by atoms with Crippen molar-refractivity contribution in [1.82, 2.24) is 8.61 Å². The average molecular weight is 377 g/mol. The molecule has 0 atom stereocenters. The molecule has 3 rings (SSSR count). The number of halogens is 1. The zero-order valence-electron chi connectivity index (χ0n) is 14.4. The summed E-state index contributed by atoms with van der Waals surface area (Å²) in [5, 5.41) is 2.57. The lowest BCUT2D eigenvalue weighted by molar-refractivity contribution is -0.116. The van der Waals surface area contributed by atoms with E-state index in [0.29, 0.717) is 12.2 Å². The van der Waals surface area contributed by atoms with Gasteiger partial charge in [0.2, 0.25) is 5.91 Å². The minimum absolute atomic E-state index is 0.255. The number of carbonyl (C=O) groups is 1. The van der Waals surface area contributed by atoms with Gasteiger partial charge >= 0.3 is 0 Å². The van der Waals surface area contributed by atoms with Gasteiger partial charge < -0.3 is 5.32 Å². The van der Waals surface area contributed by atoms with Crippen LogP contribution in [-0.4, -0.2) is 42.6 Å². The molecule has 2 aromatic rings. The van der Waals surface area contributed by atoms with Crippen LogP contribution in [0.15, 0.2) is 48.5 Å². The van der Waals surface area contributed by atoms with Crippen LogP contribution in [0.2, 0.25) is 0 Å². The van der Waals surface area contributed by atoms with Gasteiger partial charge in [0, 0.05) is 25.3 Å². The fourth-order valence-electron chi connectivity index (χ4n) is 2.73. The Labute approximate surface area is 152 Å². The standard InChI is InChI=1S/C18H20FN3O3S/c1-14-2-4-15(5-3-14)12-21-10-11-22(26(21,24)25)13-18(23)20-17-8-6-16(19)7-9-17/h2-9H,10-13H2,1H3,(H,20,23). The van der Waals surface area contributed by atoms with Crippen LogP contribution in [0, 0.1) is 12.7 Å². The van der Waals surface area contributed by atoms with Gasteiger partial charge in [-0.15, -0.1) is 0 Å². The molecule has 138 valence electrons. The second-order valence-corrected chi connectivity index (χ2v) is 8.14. The van der Waals surface area contributed by atoms with Gasteiger partial charge in [-0.05, 0) is 36.8 Å². The molecule has 0 aromatic heterocycles. The highest BCUT2D eigenvalue weighted by Gasteiger charge is 2.37. The van der Waals surface area contributed by atoms with E-state index in [2.05, 4.69) is 5.32 Å². The summed E-state index contributed by atoms with van der Waals surface area (Å²) < 4.78 is 40.6. The summed E-state index contributed by atoms with van der Waals surface area (Å²) in [5.74, 6) is -0.866. The maximum Gasteiger partial charge on any atom is 0.282 e. The SMILES string of the molecule is Cc1ccc(CN2CCN(CC(=O)Nc3ccc(F)cc3)S2(=O)=O)cc1. The Morgan fingerprint density at radius 1 is 1.04 bits per heavy atom. The molecule has 0 aliphatic carbocycles. The predicted molar refractivity (Wildman–Crippen MR) is 97.1 cm³/mol. The van der Waals surface area contributed by atoms with Gasteiger partial charge in [0.15, 0.2) is 0 Å². The molecular weight excluding hydrogens is 357 g/mol. The molecule has 0 bridgehead atoms. The van der Waals surface area contributed by atoms with Crippen molar-refractivity contribution in [3.63, 3.8) is 0 Å². The molecule has 6 nitrogen and oxygen atoms in total. The first-order valence-electron chi connectivity index (χ1n) is 8.21. The van der Waals surface area contributed by atoms with E-state index in [0.717, 1.165) is 15.4 Å². The molecule has 2 aromatic carbocycles. The summed E-state index contributed by atoms with van der Waals surface area (Å²) in [6, 6.07) is 13.0. The number of rotatable bonds is 5. The molecule has 1 aliphatic rings. The first-order valence-corrected chi connectivity index (χ1v) is 9.60. The van der Waals surface area contributed by atoms with Crippen LogP contribution < -0.4 is 5.32 Å². The van der Waals surface area contributed by atoms with Crippen molar-refractivity contribution < 1.29 is 17.6 Å². The number of hydrogen-bond donors (Lipinski definition) is 1. The lowest BCUT2D eigenvalue weighted by Crippen LogP contribution is -2.37. The molecule has 1 N–H and O–H groups in total. The maximum absolute atomic E-state index is 12.9. The van der Waals surface area contributed by atoms with Crippen molar-refractivity contribution in [3.05, 3.63) is 65.5 Å². The second kappa shape index (κ2) is 7.53. The predicted octanol–water partition coefficient (Wildman–Crippen LogP) is 2.14. The van der Waals surface area contributed by atoms with E-state index in [1.165, 1.54) is 28.6 Å². The molecule has 1 fully saturated rings. The van der Waals surface area contributed by atoms with E-state index in [1.807, 2.05) is 31.2 Å². The minimum Gasteiger partial charge on any atom is -0.325 e. The molecule has 26 heavy (non-hydrogen) atoms. The summed E-state index contributed by atoms with van der Waals surface area (Å²) in [7, 11) is -3.68. The van der Waals surface area contributed by atoms with Crippen molar-refractivity contribution in [2.75, 3.05) is 25.0 Å². The number of anilines is 1. The van der Waals surface area contributed by atoms with Crippen molar-refractivity contribution in [3.8, 4) is 0 Å². The van der Waals surface area contributed by atoms with Crippen molar-refractivity contribution in [1.29, 1.82) is 0 Å². The van der Waals surface area contributed by atoms with Crippen LogP contribution in [0.25, 0.3) is 0 Å². The fraction of sp³-hybridized carbons (Fsp3) is 0.278. The average Bonchev–Trinajstić information content (AvgIpc) is 2.86. The van der Waals surface area contributed by atoms with E-state index in [-0.39, 0.29) is 19.6 Å². The molecule has 1 heterocycles. The lowest BCUT2D eigenvalue weighted by atomic mass is 10.1. The summed E-state index contributed by atoms with van der Waals surface area (Å²) in [6.45, 7) is 2.56. The number of nitrogens with zero attached hydrogens (tertiary/aromatic N) is 2. The molecule has 1 saturated heterocycles. The Morgan fingerprint density at radius 2 is 1.65 bits per heavy atom. The zero-order valence-corrected chi connectivity index (χ0v) is 15.2. The van der Waals surface area contributed by atoms with Crippen molar-refractivity contribution >= 4 is 21.8 Å². The summed E-state index contributed by atoms with van der Waals surface area (Å²) in [4.78, 5) is 12.1. The third-order valence-corrected chi connectivity index (χ3v) is 6.11. The number of nitrogens with one attached hydrogen (secondary N) is 1. The number of carbonyl (C=O) groups excluding carboxylic acids is 1. The van der Waals surface area contributed by atoms with E-state index in [9.17, 15) is 17.6 Å². The molecule has 0 spiro atoms. The molecule has 1 aliphatic heterocycles. The normalized spacial score (nSPS) is 17.3. The minimum atomic E-state index is -3.68. The third-order valence-electron chi connectivity index (χ3n) is 4.18. The van der Waals surface area contributed by atoms with Gasteiger partial charge in [-0.3, -0.25) is 4.79 Å². The van der Waals surface area contributed by atoms with E-state index in [1.54, 1.807) is 0 Å². The molecule has 1 amide bonds.